The molecule has 2 saturated heterocycles. The molecule has 2 amide bonds. The number of nitrogens with zero attached hydrogens (tertiary/aromatic N) is 4. The smallest absolute Gasteiger partial charge is 0.257 e. The van der Waals surface area contributed by atoms with Crippen molar-refractivity contribution >= 4 is 22.7 Å². The number of imide groups is 1. The van der Waals surface area contributed by atoms with E-state index in [1.165, 1.54) is 6.33 Å². The molecule has 206 valence electrons. The maximum absolute atomic E-state index is 16.2. The second kappa shape index (κ2) is 9.87. The van der Waals surface area contributed by atoms with E-state index >= 15 is 4.39 Å². The van der Waals surface area contributed by atoms with Gasteiger partial charge in [0.15, 0.2) is 6.33 Å². The summed E-state index contributed by atoms with van der Waals surface area (Å²) in [7, 11) is 0. The van der Waals surface area contributed by atoms with Gasteiger partial charge in [0.05, 0.1) is 17.0 Å². The van der Waals surface area contributed by atoms with Gasteiger partial charge in [-0.15, -0.1) is 0 Å². The third-order valence-electron chi connectivity index (χ3n) is 8.40. The fourth-order valence-electron chi connectivity index (χ4n) is 6.07. The molecule has 2 aromatic carbocycles. The van der Waals surface area contributed by atoms with E-state index in [0.29, 0.717) is 49.4 Å². The Morgan fingerprint density at radius 3 is 2.65 bits per heavy atom. The number of halogens is 1. The molecule has 2 aromatic heterocycles. The molecule has 4 heterocycles. The SMILES string of the molecule is CC1(C)CN(Cc2ccc(-c3ncno3)cc2)CC[C@@]1(O)c1ccc2ncc(C3CCC(=O)NC3=O)cc2c1F. The van der Waals surface area contributed by atoms with Gasteiger partial charge in [0.25, 0.3) is 5.89 Å². The second-order valence-electron chi connectivity index (χ2n) is 11.4. The molecule has 10 heteroatoms. The highest BCUT2D eigenvalue weighted by molar-refractivity contribution is 6.01. The average Bonchev–Trinajstić information content (AvgIpc) is 3.47. The van der Waals surface area contributed by atoms with Crippen molar-refractivity contribution < 1.29 is 23.6 Å². The van der Waals surface area contributed by atoms with E-state index in [1.54, 1.807) is 24.4 Å². The Balaban J connectivity index is 1.24. The van der Waals surface area contributed by atoms with E-state index in [4.69, 9.17) is 4.52 Å². The summed E-state index contributed by atoms with van der Waals surface area (Å²) in [5, 5.41) is 18.3. The Morgan fingerprint density at radius 2 is 1.95 bits per heavy atom. The topological polar surface area (TPSA) is 121 Å². The van der Waals surface area contributed by atoms with Gasteiger partial charge in [-0.25, -0.2) is 4.39 Å². The zero-order valence-electron chi connectivity index (χ0n) is 22.4. The minimum atomic E-state index is -1.41. The van der Waals surface area contributed by atoms with Gasteiger partial charge < -0.3 is 9.63 Å². The van der Waals surface area contributed by atoms with Gasteiger partial charge in [0, 0.05) is 54.2 Å². The van der Waals surface area contributed by atoms with Crippen molar-refractivity contribution in [1.82, 2.24) is 25.3 Å². The summed E-state index contributed by atoms with van der Waals surface area (Å²) in [6.07, 6.45) is 3.86. The van der Waals surface area contributed by atoms with Gasteiger partial charge in [-0.3, -0.25) is 24.8 Å². The molecule has 2 atom stereocenters. The van der Waals surface area contributed by atoms with Gasteiger partial charge in [-0.2, -0.15) is 4.98 Å². The van der Waals surface area contributed by atoms with Crippen molar-refractivity contribution in [1.29, 1.82) is 0 Å². The fraction of sp³-hybridized carbons (Fsp3) is 0.367. The molecule has 40 heavy (non-hydrogen) atoms. The Morgan fingerprint density at radius 1 is 1.15 bits per heavy atom. The third kappa shape index (κ3) is 4.56. The van der Waals surface area contributed by atoms with Crippen molar-refractivity contribution in [2.75, 3.05) is 13.1 Å². The van der Waals surface area contributed by atoms with Gasteiger partial charge in [-0.1, -0.05) is 37.2 Å². The first-order valence-electron chi connectivity index (χ1n) is 13.4. The van der Waals surface area contributed by atoms with E-state index in [0.717, 1.165) is 11.1 Å². The lowest BCUT2D eigenvalue weighted by Gasteiger charge is -2.50. The van der Waals surface area contributed by atoms with Crippen LogP contribution in [0.25, 0.3) is 22.4 Å². The number of benzene rings is 2. The number of hydrogen-bond acceptors (Lipinski definition) is 8. The van der Waals surface area contributed by atoms with Crippen LogP contribution in [0.1, 0.15) is 55.7 Å². The number of pyridine rings is 1. The molecule has 2 aliphatic heterocycles. The first kappa shape index (κ1) is 26.2. The summed E-state index contributed by atoms with van der Waals surface area (Å²) in [6, 6.07) is 12.9. The monoisotopic (exact) mass is 543 g/mol. The Bertz CT molecular complexity index is 1590. The summed E-state index contributed by atoms with van der Waals surface area (Å²) < 4.78 is 21.3. The number of hydrogen-bond donors (Lipinski definition) is 2. The van der Waals surface area contributed by atoms with Crippen molar-refractivity contribution in [2.45, 2.75) is 51.2 Å². The predicted octanol–water partition coefficient (Wildman–Crippen LogP) is 4.06. The first-order valence-corrected chi connectivity index (χ1v) is 13.4. The first-order chi connectivity index (χ1) is 19.1. The van der Waals surface area contributed by atoms with Gasteiger partial charge in [0.2, 0.25) is 11.8 Å². The molecule has 0 radical (unpaired) electrons. The van der Waals surface area contributed by atoms with Crippen LogP contribution in [0.4, 0.5) is 4.39 Å². The van der Waals surface area contributed by atoms with E-state index in [9.17, 15) is 14.7 Å². The summed E-state index contributed by atoms with van der Waals surface area (Å²) in [5.41, 5.74) is 1.10. The summed E-state index contributed by atoms with van der Waals surface area (Å²) in [6.45, 7) is 5.74. The van der Waals surface area contributed by atoms with Crippen molar-refractivity contribution in [3.63, 3.8) is 0 Å². The lowest BCUT2D eigenvalue weighted by molar-refractivity contribution is -0.134. The van der Waals surface area contributed by atoms with Gasteiger partial charge in [0.1, 0.15) is 5.82 Å². The van der Waals surface area contributed by atoms with Crippen molar-refractivity contribution in [2.24, 2.45) is 5.41 Å². The third-order valence-corrected chi connectivity index (χ3v) is 8.40. The minimum absolute atomic E-state index is 0.226. The van der Waals surface area contributed by atoms with Crippen LogP contribution in [0.15, 0.2) is 59.5 Å². The molecule has 4 aromatic rings. The number of aromatic nitrogens is 3. The largest absolute Gasteiger partial charge is 0.384 e. The van der Waals surface area contributed by atoms with E-state index in [2.05, 4.69) is 25.3 Å². The summed E-state index contributed by atoms with van der Waals surface area (Å²) in [4.78, 5) is 34.7. The van der Waals surface area contributed by atoms with Crippen LogP contribution < -0.4 is 5.32 Å². The predicted molar refractivity (Wildman–Crippen MR) is 144 cm³/mol. The molecule has 1 unspecified atom stereocenters. The van der Waals surface area contributed by atoms with Crippen LogP contribution >= 0.6 is 0 Å². The van der Waals surface area contributed by atoms with E-state index in [-0.39, 0.29) is 23.3 Å². The Hall–Kier alpha value is -4.02. The molecule has 6 rings (SSSR count). The molecule has 2 N–H and O–H groups in total. The number of fused-ring (bicyclic) bond motifs is 1. The van der Waals surface area contributed by atoms with Crippen LogP contribution in [0.2, 0.25) is 0 Å². The number of carbonyl (C=O) groups excluding carboxylic acids is 2. The molecule has 0 aliphatic carbocycles. The molecular formula is C30H30FN5O4. The molecule has 9 nitrogen and oxygen atoms in total. The minimum Gasteiger partial charge on any atom is -0.384 e. The average molecular weight is 544 g/mol. The van der Waals surface area contributed by atoms with Crippen LogP contribution in [-0.2, 0) is 21.7 Å². The number of rotatable bonds is 5. The molecule has 0 spiro atoms. The van der Waals surface area contributed by atoms with Gasteiger partial charge in [-0.05, 0) is 48.2 Å². The summed E-state index contributed by atoms with van der Waals surface area (Å²) in [5.74, 6) is -1.33. The highest BCUT2D eigenvalue weighted by Crippen LogP contribution is 2.48. The highest BCUT2D eigenvalue weighted by atomic mass is 19.1. The van der Waals surface area contributed by atoms with Crippen molar-refractivity contribution in [3.05, 3.63) is 77.5 Å². The molecular weight excluding hydrogens is 513 g/mol. The molecule has 0 bridgehead atoms. The molecule has 2 fully saturated rings. The lowest BCUT2D eigenvalue weighted by atomic mass is 9.66. The number of amides is 2. The van der Waals surface area contributed by atoms with Crippen LogP contribution in [-0.4, -0.2) is 50.0 Å². The Kier molecular flexibility index (Phi) is 6.47. The fourth-order valence-corrected chi connectivity index (χ4v) is 6.07. The number of likely N-dealkylation sites (tertiary alicyclic amines) is 1. The van der Waals surface area contributed by atoms with Crippen LogP contribution in [0, 0.1) is 11.2 Å². The summed E-state index contributed by atoms with van der Waals surface area (Å²) >= 11 is 0. The number of piperidine rings is 2. The maximum Gasteiger partial charge on any atom is 0.257 e. The highest BCUT2D eigenvalue weighted by Gasteiger charge is 2.50. The lowest BCUT2D eigenvalue weighted by Crippen LogP contribution is -2.55. The van der Waals surface area contributed by atoms with Crippen LogP contribution in [0.5, 0.6) is 0 Å². The standard InChI is InChI=1S/C30H30FN5O4/c1-29(2)16-36(15-18-3-5-19(6-4-18)28-33-17-34-40-28)12-11-30(29,39)23-8-9-24-22(26(23)31)13-20(14-32-24)21-7-10-25(37)35-27(21)38/h3-6,8-9,13-14,17,21,39H,7,10-12,15-16H2,1-2H3,(H,35,37,38)/t21?,30-/m1/s1. The maximum atomic E-state index is 16.2. The Labute approximate surface area is 230 Å². The zero-order valence-corrected chi connectivity index (χ0v) is 22.4. The van der Waals surface area contributed by atoms with Crippen molar-refractivity contribution in [3.8, 4) is 11.5 Å². The number of aliphatic hydroxyl groups is 1. The molecule has 0 saturated carbocycles. The second-order valence-corrected chi connectivity index (χ2v) is 11.4. The van der Waals surface area contributed by atoms with Crippen LogP contribution in [0.3, 0.4) is 0 Å². The van der Waals surface area contributed by atoms with E-state index in [1.807, 2.05) is 38.1 Å². The quantitative estimate of drug-likeness (QED) is 0.362. The number of carbonyl (C=O) groups is 2. The van der Waals surface area contributed by atoms with Gasteiger partial charge >= 0.3 is 0 Å². The molecule has 2 aliphatic rings. The zero-order chi connectivity index (χ0) is 28.1. The van der Waals surface area contributed by atoms with E-state index < -0.39 is 28.7 Å². The normalized spacial score (nSPS) is 23.4. The number of nitrogens with one attached hydrogen (secondary N) is 1.